The van der Waals surface area contributed by atoms with Crippen molar-refractivity contribution < 1.29 is 9.47 Å². The molecule has 1 atom stereocenters. The number of H-pyrrole nitrogens is 1. The normalized spacial score (nSPS) is 23.9. The van der Waals surface area contributed by atoms with Gasteiger partial charge in [-0.05, 0) is 43.0 Å². The molecule has 29 heavy (non-hydrogen) atoms. The number of aromatic nitrogens is 3. The lowest BCUT2D eigenvalue weighted by Crippen LogP contribution is -2.31. The third-order valence-corrected chi connectivity index (χ3v) is 7.26. The largest absolute Gasteiger partial charge is 0.347 e. The van der Waals surface area contributed by atoms with Gasteiger partial charge in [0, 0.05) is 41.6 Å². The minimum atomic E-state index is -0.383. The van der Waals surface area contributed by atoms with E-state index in [9.17, 15) is 0 Å². The number of aromatic amines is 1. The number of rotatable bonds is 3. The van der Waals surface area contributed by atoms with Crippen molar-refractivity contribution in [2.24, 2.45) is 0 Å². The summed E-state index contributed by atoms with van der Waals surface area (Å²) >= 11 is 1.75. The molecule has 5 heterocycles. The second kappa shape index (κ2) is 7.02. The molecular weight excluding hydrogens is 384 g/mol. The van der Waals surface area contributed by atoms with Crippen molar-refractivity contribution in [2.75, 3.05) is 19.8 Å². The molecule has 0 amide bonds. The number of ether oxygens (including phenoxy) is 2. The summed E-state index contributed by atoms with van der Waals surface area (Å²) in [6.07, 6.45) is 11.3. The van der Waals surface area contributed by atoms with Crippen LogP contribution >= 0.6 is 11.3 Å². The van der Waals surface area contributed by atoms with Crippen molar-refractivity contribution >= 4 is 27.9 Å². The van der Waals surface area contributed by atoms with Gasteiger partial charge in [0.15, 0.2) is 5.79 Å². The second-order valence-electron chi connectivity index (χ2n) is 8.08. The van der Waals surface area contributed by atoms with Gasteiger partial charge in [-0.1, -0.05) is 6.08 Å². The molecule has 2 N–H and O–H groups in total. The van der Waals surface area contributed by atoms with Crippen LogP contribution in [0.3, 0.4) is 0 Å². The molecule has 2 fully saturated rings. The summed E-state index contributed by atoms with van der Waals surface area (Å²) in [5, 5.41) is 8.03. The number of allylic oxidation sites excluding steroid dienone is 1. The summed E-state index contributed by atoms with van der Waals surface area (Å²) in [5.41, 5.74) is 5.58. The Morgan fingerprint density at radius 1 is 1.24 bits per heavy atom. The molecule has 2 saturated heterocycles. The molecule has 150 valence electrons. The Bertz CT molecular complexity index is 1070. The van der Waals surface area contributed by atoms with Crippen LogP contribution < -0.4 is 5.32 Å². The van der Waals surface area contributed by atoms with Crippen molar-refractivity contribution in [1.82, 2.24) is 20.3 Å². The van der Waals surface area contributed by atoms with Crippen LogP contribution in [0.4, 0.5) is 0 Å². The Hall–Kier alpha value is -2.06. The zero-order valence-corrected chi connectivity index (χ0v) is 17.1. The summed E-state index contributed by atoms with van der Waals surface area (Å²) in [6.45, 7) is 2.50. The van der Waals surface area contributed by atoms with Gasteiger partial charge in [0.2, 0.25) is 0 Å². The number of hydrogen-bond donors (Lipinski definition) is 2. The average molecular weight is 409 g/mol. The maximum Gasteiger partial charge on any atom is 0.172 e. The Labute approximate surface area is 173 Å². The minimum absolute atomic E-state index is 0.383. The van der Waals surface area contributed by atoms with Crippen LogP contribution in [-0.2, 0) is 9.47 Å². The number of fused-ring (bicyclic) bond motifs is 1. The molecule has 0 aromatic carbocycles. The highest BCUT2D eigenvalue weighted by Crippen LogP contribution is 2.39. The first kappa shape index (κ1) is 17.8. The number of nitrogens with zero attached hydrogens (tertiary/aromatic N) is 2. The fraction of sp³-hybridized carbons (Fsp3) is 0.455. The van der Waals surface area contributed by atoms with E-state index in [1.54, 1.807) is 11.3 Å². The maximum absolute atomic E-state index is 5.85. The van der Waals surface area contributed by atoms with Crippen LogP contribution in [0.25, 0.3) is 27.9 Å². The molecular formula is C22H24N4O2S. The van der Waals surface area contributed by atoms with E-state index in [1.165, 1.54) is 29.0 Å². The lowest BCUT2D eigenvalue weighted by molar-refractivity contribution is -0.159. The Morgan fingerprint density at radius 2 is 2.17 bits per heavy atom. The van der Waals surface area contributed by atoms with E-state index in [1.807, 2.05) is 12.4 Å². The smallest absolute Gasteiger partial charge is 0.172 e. The summed E-state index contributed by atoms with van der Waals surface area (Å²) in [4.78, 5) is 12.9. The highest BCUT2D eigenvalue weighted by molar-refractivity contribution is 7.10. The molecule has 3 aromatic rings. The zero-order chi connectivity index (χ0) is 19.3. The minimum Gasteiger partial charge on any atom is -0.347 e. The summed E-state index contributed by atoms with van der Waals surface area (Å²) in [6, 6.07) is 2.66. The topological polar surface area (TPSA) is 72.1 Å². The Morgan fingerprint density at radius 3 is 2.97 bits per heavy atom. The summed E-state index contributed by atoms with van der Waals surface area (Å²) in [7, 11) is 0. The van der Waals surface area contributed by atoms with E-state index < -0.39 is 0 Å². The third kappa shape index (κ3) is 3.13. The molecule has 1 unspecified atom stereocenters. The molecule has 7 heteroatoms. The molecule has 3 aromatic heterocycles. The van der Waals surface area contributed by atoms with Crippen molar-refractivity contribution in [3.63, 3.8) is 0 Å². The number of hydrogen-bond acceptors (Lipinski definition) is 6. The first-order valence-corrected chi connectivity index (χ1v) is 11.3. The van der Waals surface area contributed by atoms with Crippen LogP contribution in [0.5, 0.6) is 0 Å². The molecule has 3 aliphatic rings. The molecule has 1 spiro atoms. The van der Waals surface area contributed by atoms with Crippen molar-refractivity contribution in [1.29, 1.82) is 0 Å². The monoisotopic (exact) mass is 408 g/mol. The SMILES string of the molecule is C1=C(c2cnc3[nH]cc(-c4csc(C5CCCN5)n4)c3c2)CCC2(C1)OCCO2. The van der Waals surface area contributed by atoms with Crippen LogP contribution in [0, 0.1) is 0 Å². The lowest BCUT2D eigenvalue weighted by Gasteiger charge is -2.30. The highest BCUT2D eigenvalue weighted by Gasteiger charge is 2.37. The molecule has 1 aliphatic carbocycles. The van der Waals surface area contributed by atoms with E-state index in [2.05, 4.69) is 32.8 Å². The van der Waals surface area contributed by atoms with Gasteiger partial charge in [0.05, 0.1) is 24.9 Å². The van der Waals surface area contributed by atoms with Gasteiger partial charge in [0.1, 0.15) is 10.7 Å². The van der Waals surface area contributed by atoms with Gasteiger partial charge in [0.25, 0.3) is 0 Å². The van der Waals surface area contributed by atoms with Crippen molar-refractivity contribution in [3.8, 4) is 11.3 Å². The molecule has 0 saturated carbocycles. The van der Waals surface area contributed by atoms with Crippen LogP contribution in [0.15, 0.2) is 29.9 Å². The second-order valence-corrected chi connectivity index (χ2v) is 8.97. The lowest BCUT2D eigenvalue weighted by atomic mass is 9.90. The predicted octanol–water partition coefficient (Wildman–Crippen LogP) is 4.42. The standard InChI is InChI=1S/C22H24N4O2S/c1-2-18(23-7-1)21-26-19(13-29-21)17-12-25-20-16(17)10-15(11-24-20)14-3-5-22(6-4-14)27-8-9-28-22/h3,10-13,18,23H,1-2,4-9H2,(H,24,25). The zero-order valence-electron chi connectivity index (χ0n) is 16.2. The number of thiazole rings is 1. The first-order chi connectivity index (χ1) is 14.3. The molecule has 6 rings (SSSR count). The van der Waals surface area contributed by atoms with Gasteiger partial charge in [-0.3, -0.25) is 0 Å². The van der Waals surface area contributed by atoms with Gasteiger partial charge in [-0.15, -0.1) is 11.3 Å². The summed E-state index contributed by atoms with van der Waals surface area (Å²) < 4.78 is 11.7. The average Bonchev–Trinajstić information content (AvgIpc) is 3.53. The van der Waals surface area contributed by atoms with E-state index >= 15 is 0 Å². The van der Waals surface area contributed by atoms with Crippen LogP contribution in [0.1, 0.15) is 48.7 Å². The van der Waals surface area contributed by atoms with Crippen LogP contribution in [0.2, 0.25) is 0 Å². The van der Waals surface area contributed by atoms with Crippen molar-refractivity contribution in [2.45, 2.75) is 43.9 Å². The van der Waals surface area contributed by atoms with Gasteiger partial charge in [-0.2, -0.15) is 0 Å². The first-order valence-electron chi connectivity index (χ1n) is 10.4. The van der Waals surface area contributed by atoms with E-state index in [-0.39, 0.29) is 5.79 Å². The quantitative estimate of drug-likeness (QED) is 0.671. The van der Waals surface area contributed by atoms with Gasteiger partial charge < -0.3 is 19.8 Å². The molecule has 2 aliphatic heterocycles. The molecule has 0 radical (unpaired) electrons. The molecule has 0 bridgehead atoms. The van der Waals surface area contributed by atoms with Gasteiger partial charge in [-0.25, -0.2) is 9.97 Å². The third-order valence-electron chi connectivity index (χ3n) is 6.31. The fourth-order valence-corrected chi connectivity index (χ4v) is 5.62. The van der Waals surface area contributed by atoms with Gasteiger partial charge >= 0.3 is 0 Å². The number of nitrogens with one attached hydrogen (secondary N) is 2. The Kier molecular flexibility index (Phi) is 4.30. The van der Waals surface area contributed by atoms with E-state index in [0.29, 0.717) is 19.3 Å². The molecule has 6 nitrogen and oxygen atoms in total. The van der Waals surface area contributed by atoms with E-state index in [0.717, 1.165) is 48.1 Å². The Balaban J connectivity index is 1.32. The summed E-state index contributed by atoms with van der Waals surface area (Å²) in [5.74, 6) is -0.383. The van der Waals surface area contributed by atoms with Crippen molar-refractivity contribution in [3.05, 3.63) is 40.5 Å². The highest BCUT2D eigenvalue weighted by atomic mass is 32.1. The maximum atomic E-state index is 5.85. The fourth-order valence-electron chi connectivity index (χ4n) is 4.69. The predicted molar refractivity (Wildman–Crippen MR) is 114 cm³/mol. The van der Waals surface area contributed by atoms with Crippen LogP contribution in [-0.4, -0.2) is 40.5 Å². The number of pyridine rings is 1. The van der Waals surface area contributed by atoms with E-state index in [4.69, 9.17) is 14.5 Å².